The first-order chi connectivity index (χ1) is 12.0. The summed E-state index contributed by atoms with van der Waals surface area (Å²) >= 11 is 6.03. The SMILES string of the molecule is CCc1ccc(Nc2cc(C)ncn2)cc1Nc1cc(Cl)nc(C)n1. The fourth-order valence-corrected chi connectivity index (χ4v) is 2.71. The Hall–Kier alpha value is -2.73. The maximum Gasteiger partial charge on any atom is 0.135 e. The van der Waals surface area contributed by atoms with Gasteiger partial charge in [0.05, 0.1) is 0 Å². The monoisotopic (exact) mass is 354 g/mol. The number of halogens is 1. The van der Waals surface area contributed by atoms with Crippen molar-refractivity contribution in [3.63, 3.8) is 0 Å². The molecule has 0 aliphatic carbocycles. The second-order valence-corrected chi connectivity index (χ2v) is 6.03. The fourth-order valence-electron chi connectivity index (χ4n) is 2.48. The Morgan fingerprint density at radius 3 is 2.52 bits per heavy atom. The van der Waals surface area contributed by atoms with Crippen LogP contribution in [0.25, 0.3) is 0 Å². The lowest BCUT2D eigenvalue weighted by Gasteiger charge is -2.14. The molecule has 7 heteroatoms. The molecule has 0 bridgehead atoms. The molecule has 3 rings (SSSR count). The van der Waals surface area contributed by atoms with Crippen molar-refractivity contribution in [2.75, 3.05) is 10.6 Å². The molecule has 0 saturated heterocycles. The molecule has 6 nitrogen and oxygen atoms in total. The summed E-state index contributed by atoms with van der Waals surface area (Å²) in [7, 11) is 0. The molecule has 2 N–H and O–H groups in total. The minimum atomic E-state index is 0.416. The van der Waals surface area contributed by atoms with Gasteiger partial charge in [0.2, 0.25) is 0 Å². The highest BCUT2D eigenvalue weighted by Crippen LogP contribution is 2.27. The Labute approximate surface area is 151 Å². The second kappa shape index (κ2) is 7.44. The summed E-state index contributed by atoms with van der Waals surface area (Å²) in [5.41, 5.74) is 3.98. The molecule has 3 aromatic rings. The van der Waals surface area contributed by atoms with Gasteiger partial charge in [0.15, 0.2) is 0 Å². The fraction of sp³-hybridized carbons (Fsp3) is 0.222. The molecule has 0 radical (unpaired) electrons. The van der Waals surface area contributed by atoms with Crippen molar-refractivity contribution in [3.05, 3.63) is 58.9 Å². The average molecular weight is 355 g/mol. The number of anilines is 4. The normalized spacial score (nSPS) is 10.6. The Balaban J connectivity index is 1.89. The van der Waals surface area contributed by atoms with Gasteiger partial charge in [0.1, 0.15) is 28.9 Å². The zero-order valence-corrected chi connectivity index (χ0v) is 15.1. The van der Waals surface area contributed by atoms with Crippen LogP contribution >= 0.6 is 11.6 Å². The Morgan fingerprint density at radius 1 is 0.960 bits per heavy atom. The van der Waals surface area contributed by atoms with Gasteiger partial charge in [-0.2, -0.15) is 0 Å². The third kappa shape index (κ3) is 4.42. The summed E-state index contributed by atoms with van der Waals surface area (Å²) in [4.78, 5) is 16.8. The van der Waals surface area contributed by atoms with E-state index in [1.165, 1.54) is 5.56 Å². The van der Waals surface area contributed by atoms with E-state index in [9.17, 15) is 0 Å². The number of hydrogen-bond donors (Lipinski definition) is 2. The Bertz CT molecular complexity index is 876. The zero-order chi connectivity index (χ0) is 17.8. The van der Waals surface area contributed by atoms with E-state index in [1.54, 1.807) is 12.4 Å². The molecule has 2 heterocycles. The summed E-state index contributed by atoms with van der Waals surface area (Å²) in [5.74, 6) is 2.05. The molecule has 0 saturated carbocycles. The number of aryl methyl sites for hydroxylation is 3. The molecule has 0 unspecified atom stereocenters. The second-order valence-electron chi connectivity index (χ2n) is 5.64. The summed E-state index contributed by atoms with van der Waals surface area (Å²) in [6.45, 7) is 5.86. The van der Waals surface area contributed by atoms with Crippen LogP contribution in [-0.2, 0) is 6.42 Å². The number of rotatable bonds is 5. The van der Waals surface area contributed by atoms with Gasteiger partial charge in [-0.3, -0.25) is 0 Å². The van der Waals surface area contributed by atoms with Crippen molar-refractivity contribution in [1.82, 2.24) is 19.9 Å². The molecule has 25 heavy (non-hydrogen) atoms. The molecule has 0 atom stereocenters. The minimum Gasteiger partial charge on any atom is -0.340 e. The van der Waals surface area contributed by atoms with E-state index in [0.717, 1.165) is 29.3 Å². The largest absolute Gasteiger partial charge is 0.340 e. The van der Waals surface area contributed by atoms with Gasteiger partial charge >= 0.3 is 0 Å². The highest BCUT2D eigenvalue weighted by atomic mass is 35.5. The Kier molecular flexibility index (Phi) is 5.09. The topological polar surface area (TPSA) is 75.6 Å². The van der Waals surface area contributed by atoms with Crippen LogP contribution < -0.4 is 10.6 Å². The van der Waals surface area contributed by atoms with Crippen molar-refractivity contribution in [3.8, 4) is 0 Å². The van der Waals surface area contributed by atoms with E-state index in [2.05, 4.69) is 43.6 Å². The van der Waals surface area contributed by atoms with E-state index in [1.807, 2.05) is 32.0 Å². The third-order valence-corrected chi connectivity index (χ3v) is 3.83. The predicted octanol–water partition coefficient (Wildman–Crippen LogP) is 4.59. The molecule has 0 spiro atoms. The van der Waals surface area contributed by atoms with Crippen LogP contribution in [0, 0.1) is 13.8 Å². The van der Waals surface area contributed by atoms with E-state index >= 15 is 0 Å². The highest BCUT2D eigenvalue weighted by Gasteiger charge is 2.07. The summed E-state index contributed by atoms with van der Waals surface area (Å²) in [6.07, 6.45) is 2.44. The maximum atomic E-state index is 6.03. The van der Waals surface area contributed by atoms with Gasteiger partial charge in [-0.1, -0.05) is 24.6 Å². The first-order valence-electron chi connectivity index (χ1n) is 8.00. The molecule has 128 valence electrons. The molecule has 0 aliphatic rings. The van der Waals surface area contributed by atoms with Crippen molar-refractivity contribution in [2.45, 2.75) is 27.2 Å². The number of benzene rings is 1. The van der Waals surface area contributed by atoms with Gasteiger partial charge in [0, 0.05) is 29.2 Å². The summed E-state index contributed by atoms with van der Waals surface area (Å²) in [5, 5.41) is 7.04. The molecule has 0 aliphatic heterocycles. The van der Waals surface area contributed by atoms with Gasteiger partial charge < -0.3 is 10.6 Å². The molecule has 0 amide bonds. The van der Waals surface area contributed by atoms with Crippen molar-refractivity contribution in [2.24, 2.45) is 0 Å². The zero-order valence-electron chi connectivity index (χ0n) is 14.3. The molecule has 0 fully saturated rings. The number of nitrogens with zero attached hydrogens (tertiary/aromatic N) is 4. The lowest BCUT2D eigenvalue weighted by Crippen LogP contribution is -2.01. The first kappa shape index (κ1) is 17.1. The van der Waals surface area contributed by atoms with Crippen LogP contribution in [0.2, 0.25) is 5.15 Å². The molecule has 1 aromatic carbocycles. The standard InChI is InChI=1S/C18H19ClN6/c1-4-13-5-6-14(24-17-7-11(2)20-10-21-17)8-15(13)25-18-9-16(19)22-12(3)23-18/h5-10H,4H2,1-3H3,(H,20,21,24)(H,22,23,25). The van der Waals surface area contributed by atoms with E-state index < -0.39 is 0 Å². The van der Waals surface area contributed by atoms with Crippen LogP contribution in [0.15, 0.2) is 36.7 Å². The smallest absolute Gasteiger partial charge is 0.135 e. The number of hydrogen-bond acceptors (Lipinski definition) is 6. The van der Waals surface area contributed by atoms with Crippen molar-refractivity contribution >= 4 is 34.6 Å². The maximum absolute atomic E-state index is 6.03. The predicted molar refractivity (Wildman–Crippen MR) is 101 cm³/mol. The van der Waals surface area contributed by atoms with Gasteiger partial charge in [-0.25, -0.2) is 19.9 Å². The van der Waals surface area contributed by atoms with Gasteiger partial charge in [-0.05, 0) is 38.0 Å². The van der Waals surface area contributed by atoms with Crippen molar-refractivity contribution in [1.29, 1.82) is 0 Å². The van der Waals surface area contributed by atoms with E-state index in [4.69, 9.17) is 11.6 Å². The number of aromatic nitrogens is 4. The molecule has 2 aromatic heterocycles. The van der Waals surface area contributed by atoms with Gasteiger partial charge in [0.25, 0.3) is 0 Å². The van der Waals surface area contributed by atoms with Crippen LogP contribution in [-0.4, -0.2) is 19.9 Å². The van der Waals surface area contributed by atoms with Crippen LogP contribution in [0.3, 0.4) is 0 Å². The number of nitrogens with one attached hydrogen (secondary N) is 2. The highest BCUT2D eigenvalue weighted by molar-refractivity contribution is 6.29. The van der Waals surface area contributed by atoms with Gasteiger partial charge in [-0.15, -0.1) is 0 Å². The molecular weight excluding hydrogens is 336 g/mol. The summed E-state index contributed by atoms with van der Waals surface area (Å²) in [6, 6.07) is 9.74. The van der Waals surface area contributed by atoms with Crippen LogP contribution in [0.1, 0.15) is 24.0 Å². The lowest BCUT2D eigenvalue weighted by molar-refractivity contribution is 1.05. The first-order valence-corrected chi connectivity index (χ1v) is 8.38. The lowest BCUT2D eigenvalue weighted by atomic mass is 10.1. The van der Waals surface area contributed by atoms with Crippen molar-refractivity contribution < 1.29 is 0 Å². The Morgan fingerprint density at radius 2 is 1.80 bits per heavy atom. The quantitative estimate of drug-likeness (QED) is 0.653. The minimum absolute atomic E-state index is 0.416. The van der Waals surface area contributed by atoms with Crippen LogP contribution in [0.4, 0.5) is 23.0 Å². The van der Waals surface area contributed by atoms with Crippen LogP contribution in [0.5, 0.6) is 0 Å². The molecular formula is C18H19ClN6. The van der Waals surface area contributed by atoms with E-state index in [-0.39, 0.29) is 0 Å². The summed E-state index contributed by atoms with van der Waals surface area (Å²) < 4.78 is 0. The van der Waals surface area contributed by atoms with E-state index in [0.29, 0.717) is 16.8 Å². The average Bonchev–Trinajstić information content (AvgIpc) is 2.54. The third-order valence-electron chi connectivity index (χ3n) is 3.64.